The summed E-state index contributed by atoms with van der Waals surface area (Å²) >= 11 is 3.50. The third-order valence-electron chi connectivity index (χ3n) is 3.72. The van der Waals surface area contributed by atoms with Gasteiger partial charge >= 0.3 is 0 Å². The lowest BCUT2D eigenvalue weighted by Gasteiger charge is -2.19. The van der Waals surface area contributed by atoms with E-state index < -0.39 is 0 Å². The molecule has 1 aliphatic rings. The summed E-state index contributed by atoms with van der Waals surface area (Å²) < 4.78 is 2.98. The SMILES string of the molecule is CCCN1CCCC(n2nc(C)c(Br)c2N)CC1. The molecule has 1 saturated heterocycles. The topological polar surface area (TPSA) is 47.1 Å². The molecule has 1 unspecified atom stereocenters. The number of anilines is 1. The van der Waals surface area contributed by atoms with Crippen LogP contribution in [-0.2, 0) is 0 Å². The van der Waals surface area contributed by atoms with Gasteiger partial charge in [0.15, 0.2) is 0 Å². The van der Waals surface area contributed by atoms with E-state index in [1.54, 1.807) is 0 Å². The van der Waals surface area contributed by atoms with Gasteiger partial charge in [-0.25, -0.2) is 4.68 Å². The molecule has 4 nitrogen and oxygen atoms in total. The van der Waals surface area contributed by atoms with E-state index in [2.05, 4.69) is 32.9 Å². The highest BCUT2D eigenvalue weighted by atomic mass is 79.9. The van der Waals surface area contributed by atoms with Crippen LogP contribution in [0.5, 0.6) is 0 Å². The van der Waals surface area contributed by atoms with Crippen molar-refractivity contribution in [2.45, 2.75) is 45.6 Å². The van der Waals surface area contributed by atoms with Crippen molar-refractivity contribution >= 4 is 21.7 Å². The summed E-state index contributed by atoms with van der Waals surface area (Å²) in [4.78, 5) is 2.56. The molecular weight excluding hydrogens is 292 g/mol. The van der Waals surface area contributed by atoms with Crippen molar-refractivity contribution in [2.75, 3.05) is 25.4 Å². The molecule has 0 aromatic carbocycles. The van der Waals surface area contributed by atoms with E-state index in [1.165, 1.54) is 32.4 Å². The second kappa shape index (κ2) is 6.06. The number of hydrogen-bond donors (Lipinski definition) is 1. The highest BCUT2D eigenvalue weighted by Gasteiger charge is 2.21. The van der Waals surface area contributed by atoms with E-state index in [9.17, 15) is 0 Å². The first-order valence-electron chi connectivity index (χ1n) is 6.86. The van der Waals surface area contributed by atoms with E-state index in [0.29, 0.717) is 6.04 Å². The Morgan fingerprint density at radius 3 is 2.78 bits per heavy atom. The Bertz CT molecular complexity index is 402. The van der Waals surface area contributed by atoms with E-state index in [-0.39, 0.29) is 0 Å². The molecule has 1 aliphatic heterocycles. The number of hydrogen-bond acceptors (Lipinski definition) is 3. The second-order valence-electron chi connectivity index (χ2n) is 5.16. The lowest BCUT2D eigenvalue weighted by molar-refractivity contribution is 0.280. The van der Waals surface area contributed by atoms with Gasteiger partial charge in [0.25, 0.3) is 0 Å². The Morgan fingerprint density at radius 1 is 1.39 bits per heavy atom. The van der Waals surface area contributed by atoms with Gasteiger partial charge in [0.05, 0.1) is 16.2 Å². The Kier molecular flexibility index (Phi) is 4.67. The molecule has 1 atom stereocenters. The Morgan fingerprint density at radius 2 is 2.17 bits per heavy atom. The van der Waals surface area contributed by atoms with Crippen LogP contribution >= 0.6 is 15.9 Å². The van der Waals surface area contributed by atoms with Crippen molar-refractivity contribution in [2.24, 2.45) is 0 Å². The maximum absolute atomic E-state index is 6.12. The zero-order valence-corrected chi connectivity index (χ0v) is 12.9. The summed E-state index contributed by atoms with van der Waals surface area (Å²) in [5.41, 5.74) is 7.11. The van der Waals surface area contributed by atoms with Crippen LogP contribution in [0, 0.1) is 6.92 Å². The third kappa shape index (κ3) is 2.88. The average molecular weight is 315 g/mol. The van der Waals surface area contributed by atoms with Crippen molar-refractivity contribution < 1.29 is 0 Å². The van der Waals surface area contributed by atoms with E-state index in [4.69, 9.17) is 5.73 Å². The normalized spacial score (nSPS) is 22.1. The average Bonchev–Trinajstić information content (AvgIpc) is 2.58. The maximum atomic E-state index is 6.12. The molecule has 0 aliphatic carbocycles. The standard InChI is InChI=1S/C13H23BrN4/c1-3-7-17-8-4-5-11(6-9-17)18-13(15)12(14)10(2)16-18/h11H,3-9,15H2,1-2H3. The number of nitrogens with two attached hydrogens (primary N) is 1. The van der Waals surface area contributed by atoms with Crippen LogP contribution in [0.3, 0.4) is 0 Å². The molecule has 102 valence electrons. The van der Waals surface area contributed by atoms with Crippen LogP contribution in [0.1, 0.15) is 44.3 Å². The molecule has 1 aromatic heterocycles. The Labute approximate surface area is 118 Å². The summed E-state index contributed by atoms with van der Waals surface area (Å²) in [5.74, 6) is 0.779. The molecule has 5 heteroatoms. The van der Waals surface area contributed by atoms with E-state index in [1.807, 2.05) is 11.6 Å². The molecule has 0 bridgehead atoms. The summed E-state index contributed by atoms with van der Waals surface area (Å²) in [6.07, 6.45) is 4.80. The second-order valence-corrected chi connectivity index (χ2v) is 5.95. The van der Waals surface area contributed by atoms with Crippen molar-refractivity contribution in [3.63, 3.8) is 0 Å². The number of halogens is 1. The first-order chi connectivity index (χ1) is 8.63. The van der Waals surface area contributed by atoms with Gasteiger partial charge < -0.3 is 10.6 Å². The zero-order chi connectivity index (χ0) is 13.1. The first-order valence-corrected chi connectivity index (χ1v) is 7.65. The fourth-order valence-electron chi connectivity index (χ4n) is 2.75. The van der Waals surface area contributed by atoms with Crippen LogP contribution in [0.4, 0.5) is 5.82 Å². The molecule has 2 heterocycles. The van der Waals surface area contributed by atoms with Gasteiger partial charge in [0, 0.05) is 6.54 Å². The smallest absolute Gasteiger partial charge is 0.136 e. The number of aromatic nitrogens is 2. The van der Waals surface area contributed by atoms with Crippen molar-refractivity contribution in [1.82, 2.24) is 14.7 Å². The minimum Gasteiger partial charge on any atom is -0.383 e. The molecule has 18 heavy (non-hydrogen) atoms. The number of rotatable bonds is 3. The van der Waals surface area contributed by atoms with Crippen LogP contribution < -0.4 is 5.73 Å². The lowest BCUT2D eigenvalue weighted by Crippen LogP contribution is -2.25. The number of likely N-dealkylation sites (tertiary alicyclic amines) is 1. The summed E-state index contributed by atoms with van der Waals surface area (Å²) in [6.45, 7) is 7.83. The van der Waals surface area contributed by atoms with Gasteiger partial charge in [-0.15, -0.1) is 0 Å². The fraction of sp³-hybridized carbons (Fsp3) is 0.769. The van der Waals surface area contributed by atoms with Crippen LogP contribution in [-0.4, -0.2) is 34.3 Å². The van der Waals surface area contributed by atoms with Gasteiger partial charge in [0.2, 0.25) is 0 Å². The molecule has 1 aromatic rings. The Hall–Kier alpha value is -0.550. The number of nitrogen functional groups attached to an aromatic ring is 1. The minimum absolute atomic E-state index is 0.455. The molecular formula is C13H23BrN4. The summed E-state index contributed by atoms with van der Waals surface area (Å²) in [6, 6.07) is 0.455. The van der Waals surface area contributed by atoms with Crippen LogP contribution in [0.15, 0.2) is 4.47 Å². The van der Waals surface area contributed by atoms with Crippen molar-refractivity contribution in [1.29, 1.82) is 0 Å². The molecule has 2 rings (SSSR count). The number of aryl methyl sites for hydroxylation is 1. The predicted molar refractivity (Wildman–Crippen MR) is 78.7 cm³/mol. The van der Waals surface area contributed by atoms with Gasteiger partial charge in [-0.3, -0.25) is 0 Å². The fourth-order valence-corrected chi connectivity index (χ4v) is 3.01. The van der Waals surface area contributed by atoms with E-state index >= 15 is 0 Å². The largest absolute Gasteiger partial charge is 0.383 e. The molecule has 0 amide bonds. The van der Waals surface area contributed by atoms with Gasteiger partial charge in [-0.1, -0.05) is 6.92 Å². The van der Waals surface area contributed by atoms with Gasteiger partial charge in [0.1, 0.15) is 5.82 Å². The molecule has 2 N–H and O–H groups in total. The Balaban J connectivity index is 2.07. The van der Waals surface area contributed by atoms with Crippen molar-refractivity contribution in [3.05, 3.63) is 10.2 Å². The van der Waals surface area contributed by atoms with Gasteiger partial charge in [-0.05, 0) is 61.6 Å². The number of nitrogens with zero attached hydrogens (tertiary/aromatic N) is 3. The molecule has 0 saturated carbocycles. The maximum Gasteiger partial charge on any atom is 0.136 e. The van der Waals surface area contributed by atoms with Crippen LogP contribution in [0.2, 0.25) is 0 Å². The predicted octanol–water partition coefficient (Wildman–Crippen LogP) is 2.97. The highest BCUT2D eigenvalue weighted by Crippen LogP contribution is 2.30. The van der Waals surface area contributed by atoms with E-state index in [0.717, 1.165) is 29.0 Å². The highest BCUT2D eigenvalue weighted by molar-refractivity contribution is 9.10. The zero-order valence-electron chi connectivity index (χ0n) is 11.3. The third-order valence-corrected chi connectivity index (χ3v) is 4.70. The lowest BCUT2D eigenvalue weighted by atomic mass is 10.1. The minimum atomic E-state index is 0.455. The molecule has 0 spiro atoms. The van der Waals surface area contributed by atoms with Crippen molar-refractivity contribution in [3.8, 4) is 0 Å². The quantitative estimate of drug-likeness (QED) is 0.933. The summed E-state index contributed by atoms with van der Waals surface area (Å²) in [7, 11) is 0. The van der Waals surface area contributed by atoms with Gasteiger partial charge in [-0.2, -0.15) is 5.10 Å². The van der Waals surface area contributed by atoms with Crippen LogP contribution in [0.25, 0.3) is 0 Å². The summed E-state index contributed by atoms with van der Waals surface area (Å²) in [5, 5.41) is 4.57. The first kappa shape index (κ1) is 13.9. The monoisotopic (exact) mass is 314 g/mol. The molecule has 0 radical (unpaired) electrons. The molecule has 1 fully saturated rings.